The first-order chi connectivity index (χ1) is 20.0. The van der Waals surface area contributed by atoms with E-state index in [1.807, 2.05) is 0 Å². The van der Waals surface area contributed by atoms with E-state index in [1.165, 1.54) is 25.1 Å². The molecular formula is C30H33F3N4O5. The summed E-state index contributed by atoms with van der Waals surface area (Å²) in [5.74, 6) is -3.48. The summed E-state index contributed by atoms with van der Waals surface area (Å²) in [4.78, 5) is 42.3. The number of carbonyl (C=O) groups is 3. The predicted molar refractivity (Wildman–Crippen MR) is 145 cm³/mol. The number of hydrogen-bond acceptors (Lipinski definition) is 6. The molecule has 9 nitrogen and oxygen atoms in total. The Morgan fingerprint density at radius 2 is 1.74 bits per heavy atom. The number of methoxy groups -OCH3 is 1. The van der Waals surface area contributed by atoms with Crippen LogP contribution in [-0.4, -0.2) is 65.2 Å². The summed E-state index contributed by atoms with van der Waals surface area (Å²) >= 11 is 0. The van der Waals surface area contributed by atoms with Gasteiger partial charge >= 0.3 is 18.0 Å². The zero-order valence-electron chi connectivity index (χ0n) is 23.3. The molecule has 5 rings (SSSR count). The number of urea groups is 2. The van der Waals surface area contributed by atoms with Gasteiger partial charge in [0.2, 0.25) is 0 Å². The minimum atomic E-state index is -1.35. The van der Waals surface area contributed by atoms with Gasteiger partial charge in [-0.2, -0.15) is 0 Å². The second kappa shape index (κ2) is 11.8. The van der Waals surface area contributed by atoms with E-state index in [2.05, 4.69) is 15.5 Å². The zero-order valence-corrected chi connectivity index (χ0v) is 23.3. The molecule has 3 aliphatic rings. The molecule has 0 spiro atoms. The van der Waals surface area contributed by atoms with Crippen LogP contribution in [-0.2, 0) is 15.1 Å². The van der Waals surface area contributed by atoms with Crippen molar-refractivity contribution in [1.29, 1.82) is 0 Å². The lowest BCUT2D eigenvalue weighted by Gasteiger charge is -2.40. The fraction of sp³-hybridized carbons (Fsp3) is 0.433. The highest BCUT2D eigenvalue weighted by Crippen LogP contribution is 2.40. The fourth-order valence-corrected chi connectivity index (χ4v) is 6.30. The number of ether oxygens (including phenoxy) is 1. The Hall–Kier alpha value is -3.90. The zero-order chi connectivity index (χ0) is 30.2. The number of allylic oxidation sites excluding steroid dienone is 1. The monoisotopic (exact) mass is 586 g/mol. The van der Waals surface area contributed by atoms with Crippen LogP contribution in [0.25, 0.3) is 0 Å². The molecule has 2 aromatic rings. The van der Waals surface area contributed by atoms with Crippen molar-refractivity contribution in [1.82, 2.24) is 20.4 Å². The van der Waals surface area contributed by atoms with Gasteiger partial charge < -0.3 is 20.5 Å². The van der Waals surface area contributed by atoms with Crippen molar-refractivity contribution < 1.29 is 37.4 Å². The first kappa shape index (κ1) is 29.6. The van der Waals surface area contributed by atoms with Crippen LogP contribution in [0.5, 0.6) is 0 Å². The Morgan fingerprint density at radius 1 is 1.05 bits per heavy atom. The third kappa shape index (κ3) is 5.73. The minimum absolute atomic E-state index is 0.0301. The van der Waals surface area contributed by atoms with E-state index < -0.39 is 41.3 Å². The molecule has 0 bridgehead atoms. The van der Waals surface area contributed by atoms with Crippen molar-refractivity contribution in [3.8, 4) is 0 Å². The average Bonchev–Trinajstić information content (AvgIpc) is 3.42. The number of carbonyl (C=O) groups excluding carboxylic acids is 3. The van der Waals surface area contributed by atoms with E-state index in [-0.39, 0.29) is 34.7 Å². The summed E-state index contributed by atoms with van der Waals surface area (Å²) < 4.78 is 46.1. The van der Waals surface area contributed by atoms with Crippen LogP contribution in [0, 0.1) is 17.5 Å². The Balaban J connectivity index is 1.28. The SMILES string of the molecule is COC(=O)C1=C(C)NC(=O)N(C(=O)NC2CCN(C3CCC(O)(c4ccc(F)cc4)CC3)C2)C1c1ccc(F)c(F)c1. The second-order valence-electron chi connectivity index (χ2n) is 11.1. The van der Waals surface area contributed by atoms with E-state index in [0.29, 0.717) is 50.8 Å². The van der Waals surface area contributed by atoms with Gasteiger partial charge in [0.25, 0.3) is 0 Å². The summed E-state index contributed by atoms with van der Waals surface area (Å²) in [6.45, 7) is 2.66. The first-order valence-electron chi connectivity index (χ1n) is 13.9. The topological polar surface area (TPSA) is 111 Å². The van der Waals surface area contributed by atoms with Crippen molar-refractivity contribution in [3.63, 3.8) is 0 Å². The third-order valence-electron chi connectivity index (χ3n) is 8.56. The van der Waals surface area contributed by atoms with Gasteiger partial charge in [0.05, 0.1) is 18.3 Å². The van der Waals surface area contributed by atoms with Gasteiger partial charge in [0.1, 0.15) is 11.9 Å². The Labute approximate surface area is 241 Å². The Bertz CT molecular complexity index is 1410. The van der Waals surface area contributed by atoms with Gasteiger partial charge in [-0.05, 0) is 74.4 Å². The molecule has 2 fully saturated rings. The number of nitrogens with one attached hydrogen (secondary N) is 2. The van der Waals surface area contributed by atoms with Crippen molar-refractivity contribution in [2.24, 2.45) is 0 Å². The molecule has 42 heavy (non-hydrogen) atoms. The molecule has 224 valence electrons. The normalized spacial score (nSPS) is 26.7. The number of hydrogen-bond donors (Lipinski definition) is 3. The number of imide groups is 1. The van der Waals surface area contributed by atoms with E-state index in [1.54, 1.807) is 12.1 Å². The molecule has 2 aliphatic heterocycles. The number of esters is 1. The quantitative estimate of drug-likeness (QED) is 0.453. The average molecular weight is 587 g/mol. The van der Waals surface area contributed by atoms with Crippen LogP contribution in [0.4, 0.5) is 22.8 Å². The van der Waals surface area contributed by atoms with Gasteiger partial charge in [-0.1, -0.05) is 18.2 Å². The summed E-state index contributed by atoms with van der Waals surface area (Å²) in [6.07, 6.45) is 3.07. The lowest BCUT2D eigenvalue weighted by molar-refractivity contribution is -0.136. The number of nitrogens with zero attached hydrogens (tertiary/aromatic N) is 2. The van der Waals surface area contributed by atoms with Crippen molar-refractivity contribution >= 4 is 18.0 Å². The van der Waals surface area contributed by atoms with Gasteiger partial charge in [-0.3, -0.25) is 4.90 Å². The highest BCUT2D eigenvalue weighted by Gasteiger charge is 2.44. The molecule has 12 heteroatoms. The lowest BCUT2D eigenvalue weighted by Crippen LogP contribution is -2.56. The highest BCUT2D eigenvalue weighted by molar-refractivity contribution is 6.01. The summed E-state index contributed by atoms with van der Waals surface area (Å²) in [5.41, 5.74) is -0.239. The van der Waals surface area contributed by atoms with Crippen LogP contribution in [0.1, 0.15) is 56.2 Å². The van der Waals surface area contributed by atoms with Crippen LogP contribution < -0.4 is 10.6 Å². The first-order valence-corrected chi connectivity index (χ1v) is 13.9. The van der Waals surface area contributed by atoms with Gasteiger partial charge in [0.15, 0.2) is 11.6 Å². The van der Waals surface area contributed by atoms with E-state index >= 15 is 0 Å². The Kier molecular flexibility index (Phi) is 8.29. The number of amides is 4. The second-order valence-corrected chi connectivity index (χ2v) is 11.1. The van der Waals surface area contributed by atoms with Gasteiger partial charge in [-0.15, -0.1) is 0 Å². The van der Waals surface area contributed by atoms with Gasteiger partial charge in [-0.25, -0.2) is 32.5 Å². The molecular weight excluding hydrogens is 553 g/mol. The molecule has 2 heterocycles. The predicted octanol–water partition coefficient (Wildman–Crippen LogP) is 4.23. The number of aliphatic hydroxyl groups is 1. The molecule has 1 aliphatic carbocycles. The van der Waals surface area contributed by atoms with E-state index in [0.717, 1.165) is 24.1 Å². The largest absolute Gasteiger partial charge is 0.466 e. The van der Waals surface area contributed by atoms with Crippen molar-refractivity contribution in [3.05, 3.63) is 82.3 Å². The molecule has 4 amide bonds. The molecule has 2 aromatic carbocycles. The number of likely N-dealkylation sites (tertiary alicyclic amines) is 1. The molecule has 2 unspecified atom stereocenters. The number of rotatable bonds is 5. The molecule has 2 atom stereocenters. The summed E-state index contributed by atoms with van der Waals surface area (Å²) in [7, 11) is 1.14. The maximum atomic E-state index is 14.2. The van der Waals surface area contributed by atoms with E-state index in [4.69, 9.17) is 4.74 Å². The molecule has 3 N–H and O–H groups in total. The Morgan fingerprint density at radius 3 is 2.38 bits per heavy atom. The van der Waals surface area contributed by atoms with Crippen molar-refractivity contribution in [2.45, 2.75) is 62.8 Å². The molecule has 1 saturated heterocycles. The third-order valence-corrected chi connectivity index (χ3v) is 8.56. The van der Waals surface area contributed by atoms with Crippen LogP contribution in [0.2, 0.25) is 0 Å². The number of benzene rings is 2. The van der Waals surface area contributed by atoms with Crippen LogP contribution >= 0.6 is 0 Å². The summed E-state index contributed by atoms with van der Waals surface area (Å²) in [6, 6.07) is 5.75. The number of halogens is 3. The molecule has 1 saturated carbocycles. The highest BCUT2D eigenvalue weighted by atomic mass is 19.2. The minimum Gasteiger partial charge on any atom is -0.466 e. The smallest absolute Gasteiger partial charge is 0.337 e. The fourth-order valence-electron chi connectivity index (χ4n) is 6.30. The standard InChI is InChI=1S/C30H33F3N4O5/c1-17-25(27(38)42-2)26(18-3-8-23(32)24(33)15-18)37(28(39)34-17)29(40)35-21-11-14-36(16-21)22-9-12-30(41,13-10-22)19-4-6-20(31)7-5-19/h3-8,15,21-22,26,41H,9-14,16H2,1-2H3,(H,34,39)(H,35,40). The van der Waals surface area contributed by atoms with Gasteiger partial charge in [0, 0.05) is 30.9 Å². The lowest BCUT2D eigenvalue weighted by atomic mass is 9.77. The van der Waals surface area contributed by atoms with E-state index in [9.17, 15) is 32.7 Å². The van der Waals surface area contributed by atoms with Crippen LogP contribution in [0.15, 0.2) is 53.7 Å². The maximum Gasteiger partial charge on any atom is 0.337 e. The maximum absolute atomic E-state index is 14.2. The molecule has 0 radical (unpaired) electrons. The van der Waals surface area contributed by atoms with Crippen molar-refractivity contribution in [2.75, 3.05) is 20.2 Å². The van der Waals surface area contributed by atoms with Crippen LogP contribution in [0.3, 0.4) is 0 Å². The summed E-state index contributed by atoms with van der Waals surface area (Å²) in [5, 5.41) is 16.5. The molecule has 0 aromatic heterocycles.